The summed E-state index contributed by atoms with van der Waals surface area (Å²) in [5.41, 5.74) is -0.761. The molecule has 0 aliphatic carbocycles. The Morgan fingerprint density at radius 2 is 1.67 bits per heavy atom. The molecule has 0 amide bonds. The van der Waals surface area contributed by atoms with Crippen LogP contribution in [0.5, 0.6) is 0 Å². The van der Waals surface area contributed by atoms with Crippen molar-refractivity contribution in [2.75, 3.05) is 4.72 Å². The van der Waals surface area contributed by atoms with Gasteiger partial charge in [0.15, 0.2) is 0 Å². The first-order valence-corrected chi connectivity index (χ1v) is 7.10. The summed E-state index contributed by atoms with van der Waals surface area (Å²) in [7, 11) is -4.37. The molecular weight excluding hydrogens is 304 g/mol. The third kappa shape index (κ3) is 3.16. The Hall–Kier alpha value is -2.48. The zero-order valence-electron chi connectivity index (χ0n) is 10.4. The zero-order valence-corrected chi connectivity index (χ0v) is 11.2. The van der Waals surface area contributed by atoms with E-state index in [9.17, 15) is 22.0 Å². The van der Waals surface area contributed by atoms with E-state index >= 15 is 0 Å². The lowest BCUT2D eigenvalue weighted by Gasteiger charge is -2.10. The summed E-state index contributed by atoms with van der Waals surface area (Å²) in [5, 5.41) is 8.76. The van der Waals surface area contributed by atoms with Gasteiger partial charge < -0.3 is 5.11 Å². The van der Waals surface area contributed by atoms with Crippen LogP contribution in [-0.4, -0.2) is 19.5 Å². The monoisotopic (exact) mass is 313 g/mol. The van der Waals surface area contributed by atoms with Crippen molar-refractivity contribution in [3.05, 3.63) is 59.7 Å². The van der Waals surface area contributed by atoms with Gasteiger partial charge in [0.2, 0.25) is 0 Å². The fourth-order valence-corrected chi connectivity index (χ4v) is 2.76. The van der Waals surface area contributed by atoms with Gasteiger partial charge in [0, 0.05) is 11.8 Å². The fourth-order valence-electron chi connectivity index (χ4n) is 1.62. The van der Waals surface area contributed by atoms with Crippen molar-refractivity contribution in [3.63, 3.8) is 0 Å². The topological polar surface area (TPSA) is 83.5 Å². The Morgan fingerprint density at radius 3 is 2.24 bits per heavy atom. The van der Waals surface area contributed by atoms with E-state index in [1.807, 2.05) is 0 Å². The second-order valence-electron chi connectivity index (χ2n) is 4.04. The van der Waals surface area contributed by atoms with Crippen LogP contribution < -0.4 is 4.72 Å². The largest absolute Gasteiger partial charge is 0.478 e. The standard InChI is InChI=1S/C13H9F2NO4S/c14-10-7-11(15)12(6-9(10)13(17)18)21(19,20)16-8-4-2-1-3-5-8/h1-7,16H,(H,17,18). The minimum Gasteiger partial charge on any atom is -0.478 e. The van der Waals surface area contributed by atoms with E-state index in [-0.39, 0.29) is 11.8 Å². The van der Waals surface area contributed by atoms with Crippen LogP contribution in [0.25, 0.3) is 0 Å². The summed E-state index contributed by atoms with van der Waals surface area (Å²) >= 11 is 0. The maximum absolute atomic E-state index is 13.6. The molecule has 0 saturated heterocycles. The molecule has 0 unspecified atom stereocenters. The van der Waals surface area contributed by atoms with E-state index in [2.05, 4.69) is 4.72 Å². The van der Waals surface area contributed by atoms with Gasteiger partial charge in [0.05, 0.1) is 5.56 Å². The minimum atomic E-state index is -4.37. The molecule has 2 rings (SSSR count). The highest BCUT2D eigenvalue weighted by molar-refractivity contribution is 7.92. The highest BCUT2D eigenvalue weighted by Crippen LogP contribution is 2.22. The van der Waals surface area contributed by atoms with Crippen LogP contribution in [0.1, 0.15) is 10.4 Å². The summed E-state index contributed by atoms with van der Waals surface area (Å²) in [5.74, 6) is -4.41. The van der Waals surface area contributed by atoms with E-state index in [1.54, 1.807) is 18.2 Å². The second kappa shape index (κ2) is 5.49. The molecule has 110 valence electrons. The van der Waals surface area contributed by atoms with Crippen LogP contribution in [0.4, 0.5) is 14.5 Å². The Kier molecular flexibility index (Phi) is 3.90. The summed E-state index contributed by atoms with van der Waals surface area (Å²) < 4.78 is 53.1. The van der Waals surface area contributed by atoms with Crippen molar-refractivity contribution in [1.82, 2.24) is 0 Å². The smallest absolute Gasteiger partial charge is 0.338 e. The van der Waals surface area contributed by atoms with Crippen molar-refractivity contribution >= 4 is 21.7 Å². The third-order valence-electron chi connectivity index (χ3n) is 2.57. The summed E-state index contributed by atoms with van der Waals surface area (Å²) in [6.07, 6.45) is 0. The van der Waals surface area contributed by atoms with Crippen LogP contribution in [0.2, 0.25) is 0 Å². The maximum Gasteiger partial charge on any atom is 0.338 e. The fraction of sp³-hybridized carbons (Fsp3) is 0. The van der Waals surface area contributed by atoms with Gasteiger partial charge in [0.1, 0.15) is 16.5 Å². The van der Waals surface area contributed by atoms with Crippen molar-refractivity contribution < 1.29 is 27.1 Å². The first-order chi connectivity index (χ1) is 9.81. The number of hydrogen-bond acceptors (Lipinski definition) is 3. The van der Waals surface area contributed by atoms with Gasteiger partial charge >= 0.3 is 5.97 Å². The van der Waals surface area contributed by atoms with Crippen molar-refractivity contribution in [3.8, 4) is 0 Å². The molecule has 21 heavy (non-hydrogen) atoms. The Bertz CT molecular complexity index is 791. The summed E-state index contributed by atoms with van der Waals surface area (Å²) in [6, 6.07) is 8.29. The zero-order chi connectivity index (χ0) is 15.6. The van der Waals surface area contributed by atoms with Crippen molar-refractivity contribution in [2.45, 2.75) is 4.90 Å². The molecule has 0 bridgehead atoms. The van der Waals surface area contributed by atoms with E-state index in [1.165, 1.54) is 12.1 Å². The first kappa shape index (κ1) is 14.9. The predicted octanol–water partition coefficient (Wildman–Crippen LogP) is 2.46. The molecule has 8 heteroatoms. The van der Waals surface area contributed by atoms with Crippen LogP contribution >= 0.6 is 0 Å². The minimum absolute atomic E-state index is 0.165. The van der Waals surface area contributed by atoms with Gasteiger partial charge in [-0.15, -0.1) is 0 Å². The lowest BCUT2D eigenvalue weighted by molar-refractivity contribution is 0.0691. The van der Waals surface area contributed by atoms with Gasteiger partial charge in [0.25, 0.3) is 10.0 Å². The van der Waals surface area contributed by atoms with Crippen LogP contribution in [0.15, 0.2) is 47.4 Å². The molecule has 0 fully saturated rings. The highest BCUT2D eigenvalue weighted by atomic mass is 32.2. The molecular formula is C13H9F2NO4S. The van der Waals surface area contributed by atoms with Crippen molar-refractivity contribution in [1.29, 1.82) is 0 Å². The predicted molar refractivity (Wildman–Crippen MR) is 70.6 cm³/mol. The molecule has 0 aliphatic heterocycles. The molecule has 2 aromatic carbocycles. The first-order valence-electron chi connectivity index (χ1n) is 5.61. The Balaban J connectivity index is 2.50. The van der Waals surface area contributed by atoms with E-state index in [0.717, 1.165) is 0 Å². The summed E-state index contributed by atoms with van der Waals surface area (Å²) in [4.78, 5) is 9.85. The molecule has 0 aromatic heterocycles. The van der Waals surface area contributed by atoms with Crippen LogP contribution in [-0.2, 0) is 10.0 Å². The van der Waals surface area contributed by atoms with E-state index < -0.39 is 38.1 Å². The molecule has 0 radical (unpaired) electrons. The Labute approximate surface area is 118 Å². The second-order valence-corrected chi connectivity index (χ2v) is 5.69. The number of nitrogens with one attached hydrogen (secondary N) is 1. The van der Waals surface area contributed by atoms with Gasteiger partial charge in [-0.1, -0.05) is 18.2 Å². The Morgan fingerprint density at radius 1 is 1.05 bits per heavy atom. The van der Waals surface area contributed by atoms with Crippen LogP contribution in [0.3, 0.4) is 0 Å². The normalized spacial score (nSPS) is 11.1. The number of aromatic carboxylic acids is 1. The number of para-hydroxylation sites is 1. The van der Waals surface area contributed by atoms with Gasteiger partial charge in [-0.05, 0) is 18.2 Å². The maximum atomic E-state index is 13.6. The molecule has 0 aliphatic rings. The number of carboxylic acid groups (broad SMARTS) is 1. The molecule has 0 heterocycles. The van der Waals surface area contributed by atoms with Crippen molar-refractivity contribution in [2.24, 2.45) is 0 Å². The molecule has 2 aromatic rings. The molecule has 0 spiro atoms. The number of benzene rings is 2. The van der Waals surface area contributed by atoms with Gasteiger partial charge in [-0.25, -0.2) is 22.0 Å². The quantitative estimate of drug-likeness (QED) is 0.908. The van der Waals surface area contributed by atoms with E-state index in [4.69, 9.17) is 5.11 Å². The number of halogens is 2. The highest BCUT2D eigenvalue weighted by Gasteiger charge is 2.24. The molecule has 0 saturated carbocycles. The number of rotatable bonds is 4. The summed E-state index contributed by atoms with van der Waals surface area (Å²) in [6.45, 7) is 0. The lowest BCUT2D eigenvalue weighted by atomic mass is 10.2. The molecule has 0 atom stereocenters. The number of sulfonamides is 1. The molecule has 2 N–H and O–H groups in total. The number of anilines is 1. The average Bonchev–Trinajstić information content (AvgIpc) is 2.38. The van der Waals surface area contributed by atoms with Gasteiger partial charge in [-0.2, -0.15) is 0 Å². The number of hydrogen-bond donors (Lipinski definition) is 2. The SMILES string of the molecule is O=C(O)c1cc(S(=O)(=O)Nc2ccccc2)c(F)cc1F. The lowest BCUT2D eigenvalue weighted by Crippen LogP contribution is -2.16. The van der Waals surface area contributed by atoms with E-state index in [0.29, 0.717) is 6.07 Å². The average molecular weight is 313 g/mol. The number of carbonyl (C=O) groups is 1. The molecule has 5 nitrogen and oxygen atoms in total. The third-order valence-corrected chi connectivity index (χ3v) is 3.96. The van der Waals surface area contributed by atoms with Crippen LogP contribution in [0, 0.1) is 11.6 Å². The number of carboxylic acids is 1. The van der Waals surface area contributed by atoms with Gasteiger partial charge in [-0.3, -0.25) is 4.72 Å².